The van der Waals surface area contributed by atoms with Gasteiger partial charge in [-0.1, -0.05) is 54.6 Å². The number of alkyl halides is 1. The normalized spacial score (nSPS) is 13.7. The molecular formula is C31H27F5O5S. The first-order valence-electron chi connectivity index (χ1n) is 12.1. The van der Waals surface area contributed by atoms with Crippen LogP contribution in [0.2, 0.25) is 0 Å². The molecule has 0 amide bonds. The SMILES string of the molecule is COC(=O)c1ccccc1S.COc1cccc2ccccc12.OC1=CCC(F)C(F)=C1F.Oc1c(F)cccc1F. The molecule has 2 N–H and O–H groups in total. The molecule has 0 bridgehead atoms. The third-order valence-electron chi connectivity index (χ3n) is 5.44. The van der Waals surface area contributed by atoms with Gasteiger partial charge in [-0.25, -0.2) is 22.4 Å². The van der Waals surface area contributed by atoms with Gasteiger partial charge in [0.1, 0.15) is 11.5 Å². The first kappa shape index (κ1) is 33.7. The van der Waals surface area contributed by atoms with E-state index in [0.717, 1.165) is 24.0 Å². The van der Waals surface area contributed by atoms with Gasteiger partial charge in [-0.15, -0.1) is 12.6 Å². The van der Waals surface area contributed by atoms with Gasteiger partial charge >= 0.3 is 5.97 Å². The zero-order valence-corrected chi connectivity index (χ0v) is 23.3. The molecule has 1 aliphatic rings. The Bertz CT molecular complexity index is 1530. The number of esters is 1. The Morgan fingerprint density at radius 3 is 1.98 bits per heavy atom. The van der Waals surface area contributed by atoms with Gasteiger partial charge in [0.15, 0.2) is 35.2 Å². The van der Waals surface area contributed by atoms with E-state index in [0.29, 0.717) is 10.5 Å². The van der Waals surface area contributed by atoms with Crippen molar-refractivity contribution in [2.45, 2.75) is 17.5 Å². The van der Waals surface area contributed by atoms with Crippen LogP contribution < -0.4 is 4.74 Å². The van der Waals surface area contributed by atoms with Crippen LogP contribution in [0.25, 0.3) is 10.8 Å². The van der Waals surface area contributed by atoms with E-state index in [1.165, 1.54) is 23.9 Å². The fourth-order valence-electron chi connectivity index (χ4n) is 3.29. The maximum atomic E-state index is 12.2. The smallest absolute Gasteiger partial charge is 0.338 e. The number of hydrogen-bond acceptors (Lipinski definition) is 6. The average molecular weight is 607 g/mol. The zero-order chi connectivity index (χ0) is 31.2. The molecule has 42 heavy (non-hydrogen) atoms. The lowest BCUT2D eigenvalue weighted by molar-refractivity contribution is 0.0597. The molecule has 5 nitrogen and oxygen atoms in total. The Labute approximate surface area is 244 Å². The number of ether oxygens (including phenoxy) is 2. The van der Waals surface area contributed by atoms with Gasteiger partial charge in [-0.3, -0.25) is 0 Å². The molecule has 0 aromatic heterocycles. The van der Waals surface area contributed by atoms with Gasteiger partial charge < -0.3 is 19.7 Å². The summed E-state index contributed by atoms with van der Waals surface area (Å²) in [5, 5.41) is 19.3. The Morgan fingerprint density at radius 1 is 0.833 bits per heavy atom. The lowest BCUT2D eigenvalue weighted by atomic mass is 10.1. The van der Waals surface area contributed by atoms with Crippen LogP contribution in [-0.4, -0.2) is 36.6 Å². The molecule has 0 saturated carbocycles. The maximum absolute atomic E-state index is 12.2. The summed E-state index contributed by atoms with van der Waals surface area (Å²) in [5.41, 5.74) is 0.498. The van der Waals surface area contributed by atoms with E-state index < -0.39 is 41.0 Å². The Kier molecular flexibility index (Phi) is 13.4. The fourth-order valence-corrected chi connectivity index (χ4v) is 3.54. The number of carbonyl (C=O) groups is 1. The lowest BCUT2D eigenvalue weighted by Gasteiger charge is -2.09. The first-order chi connectivity index (χ1) is 20.0. The number of phenolic OH excluding ortho intramolecular Hbond substituents is 1. The number of hydrogen-bond donors (Lipinski definition) is 3. The fraction of sp³-hybridized carbons (Fsp3) is 0.129. The summed E-state index contributed by atoms with van der Waals surface area (Å²) >= 11 is 4.09. The van der Waals surface area contributed by atoms with Crippen LogP contribution in [0.3, 0.4) is 0 Å². The number of allylic oxidation sites excluding steroid dienone is 3. The highest BCUT2D eigenvalue weighted by molar-refractivity contribution is 7.80. The van der Waals surface area contributed by atoms with E-state index in [1.54, 1.807) is 25.3 Å². The summed E-state index contributed by atoms with van der Waals surface area (Å²) in [6.07, 6.45) is -1.33. The summed E-state index contributed by atoms with van der Waals surface area (Å²) in [6.45, 7) is 0. The number of thiol groups is 1. The van der Waals surface area contributed by atoms with Crippen molar-refractivity contribution in [2.75, 3.05) is 14.2 Å². The van der Waals surface area contributed by atoms with Crippen molar-refractivity contribution in [1.29, 1.82) is 0 Å². The molecule has 1 atom stereocenters. The highest BCUT2D eigenvalue weighted by Crippen LogP contribution is 2.28. The van der Waals surface area contributed by atoms with Crippen molar-refractivity contribution < 1.29 is 46.4 Å². The predicted octanol–water partition coefficient (Wildman–Crippen LogP) is 8.60. The standard InChI is InChI=1S/C11H10O.C8H8O2S.C6H5F3O.C6H4F2O/c1-12-11-8-4-6-9-5-2-3-7-10(9)11;1-10-8(9)6-4-2-3-5-7(6)11;7-3-1-2-4(10)6(9)5(3)8;7-4-2-1-3-5(8)6(4)9/h2-8H,1H3;2-5,11H,1H3;2-3,10H,1H2;1-3,9H. The first-order valence-corrected chi connectivity index (χ1v) is 12.6. The number of rotatable bonds is 2. The molecule has 0 aliphatic heterocycles. The van der Waals surface area contributed by atoms with Crippen molar-refractivity contribution in [3.05, 3.63) is 126 Å². The third-order valence-corrected chi connectivity index (χ3v) is 5.83. The molecule has 1 unspecified atom stereocenters. The number of phenols is 1. The Morgan fingerprint density at radius 2 is 1.40 bits per heavy atom. The lowest BCUT2D eigenvalue weighted by Crippen LogP contribution is -2.07. The van der Waals surface area contributed by atoms with Crippen LogP contribution in [0.15, 0.2) is 113 Å². The number of halogens is 5. The Balaban J connectivity index is 0.000000197. The monoisotopic (exact) mass is 606 g/mol. The summed E-state index contributed by atoms with van der Waals surface area (Å²) in [5.74, 6) is -6.02. The van der Waals surface area contributed by atoms with Gasteiger partial charge in [0.25, 0.3) is 0 Å². The molecule has 4 aromatic rings. The van der Waals surface area contributed by atoms with Crippen molar-refractivity contribution in [1.82, 2.24) is 0 Å². The van der Waals surface area contributed by atoms with E-state index in [9.17, 15) is 26.7 Å². The predicted molar refractivity (Wildman–Crippen MR) is 153 cm³/mol. The molecular weight excluding hydrogens is 579 g/mol. The summed E-state index contributed by atoms with van der Waals surface area (Å²) < 4.78 is 70.4. The number of methoxy groups -OCH3 is 2. The maximum Gasteiger partial charge on any atom is 0.338 e. The molecule has 0 heterocycles. The second-order valence-electron chi connectivity index (χ2n) is 8.21. The molecule has 4 aromatic carbocycles. The topological polar surface area (TPSA) is 76.0 Å². The second-order valence-corrected chi connectivity index (χ2v) is 8.70. The van der Waals surface area contributed by atoms with Crippen molar-refractivity contribution in [2.24, 2.45) is 0 Å². The molecule has 0 saturated heterocycles. The van der Waals surface area contributed by atoms with Crippen LogP contribution in [0.5, 0.6) is 11.5 Å². The summed E-state index contributed by atoms with van der Waals surface area (Å²) in [7, 11) is 3.05. The number of aromatic hydroxyl groups is 1. The highest BCUT2D eigenvalue weighted by atomic mass is 32.1. The molecule has 0 radical (unpaired) electrons. The minimum absolute atomic E-state index is 0.301. The number of benzene rings is 4. The van der Waals surface area contributed by atoms with E-state index in [2.05, 4.69) is 35.6 Å². The molecule has 0 spiro atoms. The molecule has 0 fully saturated rings. The molecule has 5 rings (SSSR count). The van der Waals surface area contributed by atoms with E-state index in [1.807, 2.05) is 30.3 Å². The Hall–Kier alpha value is -4.51. The number of aliphatic hydroxyl groups is 1. The molecule has 1 aliphatic carbocycles. The number of carbonyl (C=O) groups excluding carboxylic acids is 1. The number of para-hydroxylation sites is 1. The third kappa shape index (κ3) is 9.55. The van der Waals surface area contributed by atoms with Gasteiger partial charge in [0.2, 0.25) is 0 Å². The van der Waals surface area contributed by atoms with Crippen molar-refractivity contribution in [3.63, 3.8) is 0 Å². The van der Waals surface area contributed by atoms with Crippen LogP contribution in [0, 0.1) is 11.6 Å². The second kappa shape index (κ2) is 16.7. The van der Waals surface area contributed by atoms with Crippen LogP contribution >= 0.6 is 12.6 Å². The number of aliphatic hydroxyl groups excluding tert-OH is 1. The van der Waals surface area contributed by atoms with Crippen molar-refractivity contribution in [3.8, 4) is 11.5 Å². The minimum atomic E-state index is -1.93. The summed E-state index contributed by atoms with van der Waals surface area (Å²) in [6, 6.07) is 24.4. The highest BCUT2D eigenvalue weighted by Gasteiger charge is 2.24. The van der Waals surface area contributed by atoms with Crippen molar-refractivity contribution >= 4 is 29.4 Å². The molecule has 11 heteroatoms. The molecule has 222 valence electrons. The van der Waals surface area contributed by atoms with Gasteiger partial charge in [0.05, 0.1) is 19.8 Å². The van der Waals surface area contributed by atoms with Gasteiger partial charge in [-0.05, 0) is 41.8 Å². The van der Waals surface area contributed by atoms with E-state index >= 15 is 0 Å². The van der Waals surface area contributed by atoms with E-state index in [-0.39, 0.29) is 12.4 Å². The average Bonchev–Trinajstić information content (AvgIpc) is 3.01. The van der Waals surface area contributed by atoms with Crippen LogP contribution in [-0.2, 0) is 4.74 Å². The van der Waals surface area contributed by atoms with Crippen LogP contribution in [0.4, 0.5) is 22.0 Å². The summed E-state index contributed by atoms with van der Waals surface area (Å²) in [4.78, 5) is 11.6. The van der Waals surface area contributed by atoms with Gasteiger partial charge in [0, 0.05) is 16.7 Å². The minimum Gasteiger partial charge on any atom is -0.505 e. The number of fused-ring (bicyclic) bond motifs is 1. The quantitative estimate of drug-likeness (QED) is 0.121. The van der Waals surface area contributed by atoms with E-state index in [4.69, 9.17) is 14.9 Å². The van der Waals surface area contributed by atoms with Crippen LogP contribution in [0.1, 0.15) is 16.8 Å². The van der Waals surface area contributed by atoms with Gasteiger partial charge in [-0.2, -0.15) is 4.39 Å². The largest absolute Gasteiger partial charge is 0.505 e. The zero-order valence-electron chi connectivity index (χ0n) is 22.4.